The van der Waals surface area contributed by atoms with Gasteiger partial charge in [0, 0.05) is 23.6 Å². The molecule has 6 heteroatoms. The van der Waals surface area contributed by atoms with Crippen molar-refractivity contribution in [2.75, 3.05) is 5.73 Å². The maximum absolute atomic E-state index is 12.4. The lowest BCUT2D eigenvalue weighted by Gasteiger charge is -2.24. The highest BCUT2D eigenvalue weighted by Gasteiger charge is 2.41. The summed E-state index contributed by atoms with van der Waals surface area (Å²) in [7, 11) is 0. The normalized spacial score (nSPS) is 19.1. The average Bonchev–Trinajstić information content (AvgIpc) is 2.71. The molecule has 0 aliphatic carbocycles. The van der Waals surface area contributed by atoms with E-state index in [-0.39, 0.29) is 29.5 Å². The quantitative estimate of drug-likeness (QED) is 0.841. The van der Waals surface area contributed by atoms with Gasteiger partial charge in [-0.15, -0.1) is 11.8 Å². The number of anilines is 1. The molecule has 0 aromatic carbocycles. The van der Waals surface area contributed by atoms with Crippen LogP contribution in [0.1, 0.15) is 33.1 Å². The first kappa shape index (κ1) is 14.8. The third-order valence-corrected chi connectivity index (χ3v) is 4.81. The zero-order chi connectivity index (χ0) is 14.7. The summed E-state index contributed by atoms with van der Waals surface area (Å²) < 4.78 is 0. The van der Waals surface area contributed by atoms with E-state index in [4.69, 9.17) is 5.73 Å². The number of rotatable bonds is 5. The molecule has 2 amide bonds. The summed E-state index contributed by atoms with van der Waals surface area (Å²) >= 11 is 1.35. The number of carbonyl (C=O) groups is 2. The number of pyridine rings is 1. The molecule has 1 atom stereocenters. The van der Waals surface area contributed by atoms with Crippen LogP contribution in [0.2, 0.25) is 0 Å². The third kappa shape index (κ3) is 2.80. The van der Waals surface area contributed by atoms with E-state index in [2.05, 4.69) is 4.98 Å². The Kier molecular flexibility index (Phi) is 4.65. The maximum atomic E-state index is 12.4. The summed E-state index contributed by atoms with van der Waals surface area (Å²) in [6.07, 6.45) is 5.04. The molecule has 2 rings (SSSR count). The van der Waals surface area contributed by atoms with Gasteiger partial charge in [-0.2, -0.15) is 0 Å². The van der Waals surface area contributed by atoms with Crippen LogP contribution in [0.3, 0.4) is 0 Å². The van der Waals surface area contributed by atoms with E-state index in [0.717, 1.165) is 17.7 Å². The van der Waals surface area contributed by atoms with Crippen molar-refractivity contribution in [2.45, 2.75) is 49.3 Å². The average molecular weight is 293 g/mol. The molecule has 20 heavy (non-hydrogen) atoms. The number of likely N-dealkylation sites (tertiary alicyclic amines) is 1. The Balaban J connectivity index is 2.14. The first-order valence-electron chi connectivity index (χ1n) is 6.80. The second-order valence-corrected chi connectivity index (χ2v) is 6.04. The van der Waals surface area contributed by atoms with Crippen LogP contribution in [0.15, 0.2) is 23.4 Å². The molecule has 5 nitrogen and oxygen atoms in total. The molecule has 1 aliphatic rings. The molecule has 2 heterocycles. The van der Waals surface area contributed by atoms with E-state index in [1.54, 1.807) is 18.5 Å². The summed E-state index contributed by atoms with van der Waals surface area (Å²) in [5.41, 5.74) is 6.37. The molecule has 0 bridgehead atoms. The smallest absolute Gasteiger partial charge is 0.243 e. The fourth-order valence-corrected chi connectivity index (χ4v) is 3.48. The van der Waals surface area contributed by atoms with Crippen LogP contribution in [-0.2, 0) is 9.59 Å². The van der Waals surface area contributed by atoms with Crippen LogP contribution in [-0.4, -0.2) is 33.0 Å². The number of aromatic nitrogens is 1. The Bertz CT molecular complexity index is 517. The molecule has 1 aromatic rings. The van der Waals surface area contributed by atoms with Crippen LogP contribution in [0.5, 0.6) is 0 Å². The third-order valence-electron chi connectivity index (χ3n) is 3.53. The van der Waals surface area contributed by atoms with Crippen LogP contribution in [0.4, 0.5) is 5.69 Å². The number of hydrogen-bond donors (Lipinski definition) is 1. The van der Waals surface area contributed by atoms with Gasteiger partial charge in [-0.3, -0.25) is 19.5 Å². The number of carbonyl (C=O) groups excluding carboxylic acids is 2. The van der Waals surface area contributed by atoms with Crippen LogP contribution in [0, 0.1) is 0 Å². The van der Waals surface area contributed by atoms with Gasteiger partial charge in [0.05, 0.1) is 17.1 Å². The van der Waals surface area contributed by atoms with Crippen molar-refractivity contribution in [3.63, 3.8) is 0 Å². The second-order valence-electron chi connectivity index (χ2n) is 4.80. The van der Waals surface area contributed by atoms with Gasteiger partial charge in [0.1, 0.15) is 0 Å². The van der Waals surface area contributed by atoms with E-state index < -0.39 is 0 Å². The van der Waals surface area contributed by atoms with Gasteiger partial charge in [-0.1, -0.05) is 13.8 Å². The van der Waals surface area contributed by atoms with Gasteiger partial charge < -0.3 is 5.73 Å². The number of imide groups is 1. The molecule has 1 unspecified atom stereocenters. The van der Waals surface area contributed by atoms with Crippen molar-refractivity contribution in [3.05, 3.63) is 18.5 Å². The zero-order valence-corrected chi connectivity index (χ0v) is 12.5. The minimum Gasteiger partial charge on any atom is -0.397 e. The Morgan fingerprint density at radius 3 is 2.75 bits per heavy atom. The maximum Gasteiger partial charge on any atom is 0.243 e. The summed E-state index contributed by atoms with van der Waals surface area (Å²) in [5.74, 6) is -0.168. The molecule has 108 valence electrons. The molecule has 2 N–H and O–H groups in total. The van der Waals surface area contributed by atoms with Gasteiger partial charge in [0.25, 0.3) is 0 Å². The lowest BCUT2D eigenvalue weighted by molar-refractivity contribution is -0.141. The van der Waals surface area contributed by atoms with Crippen molar-refractivity contribution in [3.8, 4) is 0 Å². The van der Waals surface area contributed by atoms with Crippen molar-refractivity contribution in [1.82, 2.24) is 9.88 Å². The monoisotopic (exact) mass is 293 g/mol. The number of nitrogen functional groups attached to an aromatic ring is 1. The van der Waals surface area contributed by atoms with E-state index in [1.807, 2.05) is 13.8 Å². The zero-order valence-electron chi connectivity index (χ0n) is 11.7. The van der Waals surface area contributed by atoms with Gasteiger partial charge in [0.15, 0.2) is 0 Å². The largest absolute Gasteiger partial charge is 0.397 e. The number of nitrogens with two attached hydrogens (primary N) is 1. The predicted molar refractivity (Wildman–Crippen MR) is 79.1 cm³/mol. The first-order chi connectivity index (χ1) is 9.58. The highest BCUT2D eigenvalue weighted by Crippen LogP contribution is 2.35. The fourth-order valence-electron chi connectivity index (χ4n) is 2.41. The van der Waals surface area contributed by atoms with Crippen LogP contribution >= 0.6 is 11.8 Å². The van der Waals surface area contributed by atoms with E-state index in [0.29, 0.717) is 5.69 Å². The Morgan fingerprint density at radius 2 is 2.15 bits per heavy atom. The molecule has 0 saturated carbocycles. The molecule has 1 aliphatic heterocycles. The van der Waals surface area contributed by atoms with Crippen molar-refractivity contribution < 1.29 is 9.59 Å². The number of nitrogens with zero attached hydrogens (tertiary/aromatic N) is 2. The van der Waals surface area contributed by atoms with E-state index in [1.165, 1.54) is 16.7 Å². The minimum atomic E-state index is -0.368. The number of amides is 2. The topological polar surface area (TPSA) is 76.3 Å². The number of thioether (sulfide) groups is 1. The molecular formula is C14H19N3O2S. The van der Waals surface area contributed by atoms with Crippen molar-refractivity contribution in [1.29, 1.82) is 0 Å². The van der Waals surface area contributed by atoms with Gasteiger partial charge in [-0.25, -0.2) is 0 Å². The Morgan fingerprint density at radius 1 is 1.45 bits per heavy atom. The van der Waals surface area contributed by atoms with Gasteiger partial charge >= 0.3 is 0 Å². The summed E-state index contributed by atoms with van der Waals surface area (Å²) in [6.45, 7) is 3.99. The Labute approximate surface area is 122 Å². The highest BCUT2D eigenvalue weighted by molar-refractivity contribution is 8.00. The second kappa shape index (κ2) is 6.26. The van der Waals surface area contributed by atoms with Gasteiger partial charge in [-0.05, 0) is 18.9 Å². The summed E-state index contributed by atoms with van der Waals surface area (Å²) in [5, 5.41) is -0.368. The molecule has 0 spiro atoms. The van der Waals surface area contributed by atoms with Gasteiger partial charge in [0.2, 0.25) is 11.8 Å². The SMILES string of the molecule is CCC(CC)N1C(=O)CC(Sc2ccncc2N)C1=O. The highest BCUT2D eigenvalue weighted by atomic mass is 32.2. The lowest BCUT2D eigenvalue weighted by atomic mass is 10.1. The summed E-state index contributed by atoms with van der Waals surface area (Å²) in [4.78, 5) is 30.7. The predicted octanol–water partition coefficient (Wildman–Crippen LogP) is 2.07. The standard InChI is InChI=1S/C14H19N3O2S/c1-3-9(4-2)17-13(18)7-12(14(17)19)20-11-5-6-16-8-10(11)15/h5-6,8-9,12H,3-4,7,15H2,1-2H3. The number of hydrogen-bond acceptors (Lipinski definition) is 5. The van der Waals surface area contributed by atoms with E-state index >= 15 is 0 Å². The van der Waals surface area contributed by atoms with Crippen molar-refractivity contribution >= 4 is 29.3 Å². The lowest BCUT2D eigenvalue weighted by Crippen LogP contribution is -2.40. The molecule has 1 aromatic heterocycles. The first-order valence-corrected chi connectivity index (χ1v) is 7.68. The summed E-state index contributed by atoms with van der Waals surface area (Å²) in [6, 6.07) is 1.78. The van der Waals surface area contributed by atoms with Crippen molar-refractivity contribution in [2.24, 2.45) is 0 Å². The fraction of sp³-hybridized carbons (Fsp3) is 0.500. The van der Waals surface area contributed by atoms with Crippen LogP contribution < -0.4 is 5.73 Å². The van der Waals surface area contributed by atoms with Crippen LogP contribution in [0.25, 0.3) is 0 Å². The minimum absolute atomic E-state index is 0.00962. The Hall–Kier alpha value is -1.56. The molecule has 0 radical (unpaired) electrons. The molecular weight excluding hydrogens is 274 g/mol. The molecule has 1 saturated heterocycles. The molecule has 1 fully saturated rings. The van der Waals surface area contributed by atoms with E-state index in [9.17, 15) is 9.59 Å².